The van der Waals surface area contributed by atoms with Crippen LogP contribution in [-0.4, -0.2) is 29.2 Å². The maximum Gasteiger partial charge on any atom is 0.225 e. The van der Waals surface area contributed by atoms with Crippen molar-refractivity contribution in [2.45, 2.75) is 13.5 Å². The maximum atomic E-state index is 5.40. The number of methoxy groups -OCH3 is 2. The second-order valence-electron chi connectivity index (χ2n) is 5.62. The van der Waals surface area contributed by atoms with Crippen LogP contribution in [0.1, 0.15) is 11.3 Å². The fraction of sp³-hybridized carbons (Fsp3) is 0.211. The highest BCUT2D eigenvalue weighted by Gasteiger charge is 2.08. The molecule has 3 aromatic rings. The van der Waals surface area contributed by atoms with E-state index >= 15 is 0 Å². The number of aryl methyl sites for hydroxylation is 1. The minimum atomic E-state index is 0.540. The van der Waals surface area contributed by atoms with Crippen molar-refractivity contribution in [3.63, 3.8) is 0 Å². The van der Waals surface area contributed by atoms with Crippen LogP contribution in [0.15, 0.2) is 48.8 Å². The fourth-order valence-electron chi connectivity index (χ4n) is 2.45. The van der Waals surface area contributed by atoms with Crippen molar-refractivity contribution < 1.29 is 9.47 Å². The molecular weight excluding hydrogens is 330 g/mol. The minimum Gasteiger partial charge on any atom is -0.497 e. The maximum absolute atomic E-state index is 5.40. The number of hydrogen-bond acceptors (Lipinski definition) is 7. The van der Waals surface area contributed by atoms with Crippen molar-refractivity contribution in [3.8, 4) is 11.5 Å². The Hall–Kier alpha value is -3.35. The molecule has 26 heavy (non-hydrogen) atoms. The van der Waals surface area contributed by atoms with Gasteiger partial charge in [-0.05, 0) is 30.7 Å². The van der Waals surface area contributed by atoms with E-state index in [-0.39, 0.29) is 0 Å². The largest absolute Gasteiger partial charge is 0.497 e. The van der Waals surface area contributed by atoms with Crippen molar-refractivity contribution in [2.24, 2.45) is 0 Å². The molecule has 0 unspecified atom stereocenters. The molecule has 0 atom stereocenters. The zero-order chi connectivity index (χ0) is 18.4. The molecule has 2 heterocycles. The first-order chi connectivity index (χ1) is 12.7. The third-order valence-electron chi connectivity index (χ3n) is 3.70. The van der Waals surface area contributed by atoms with Crippen LogP contribution in [0, 0.1) is 6.92 Å². The Labute approximate surface area is 152 Å². The molecule has 2 N–H and O–H groups in total. The Morgan fingerprint density at radius 1 is 1.04 bits per heavy atom. The zero-order valence-electron chi connectivity index (χ0n) is 15.0. The number of aromatic nitrogens is 3. The van der Waals surface area contributed by atoms with Crippen molar-refractivity contribution in [3.05, 3.63) is 60.0 Å². The van der Waals surface area contributed by atoms with Gasteiger partial charge >= 0.3 is 0 Å². The summed E-state index contributed by atoms with van der Waals surface area (Å²) in [7, 11) is 3.25. The van der Waals surface area contributed by atoms with Gasteiger partial charge in [0.15, 0.2) is 0 Å². The Morgan fingerprint density at radius 2 is 1.92 bits per heavy atom. The standard InChI is InChI=1S/C19H21N5O2/c1-13-9-18(23-16-10-15(25-2)6-7-17(16)26-3)24-19(22-13)21-12-14-5-4-8-20-11-14/h4-11H,12H2,1-3H3,(H2,21,22,23,24). The van der Waals surface area contributed by atoms with Crippen LogP contribution in [0.2, 0.25) is 0 Å². The van der Waals surface area contributed by atoms with E-state index in [0.717, 1.165) is 22.7 Å². The van der Waals surface area contributed by atoms with Crippen LogP contribution < -0.4 is 20.1 Å². The van der Waals surface area contributed by atoms with Gasteiger partial charge in [0.2, 0.25) is 5.95 Å². The van der Waals surface area contributed by atoms with Gasteiger partial charge in [-0.2, -0.15) is 4.98 Å². The molecule has 0 aliphatic rings. The first kappa shape index (κ1) is 17.5. The highest BCUT2D eigenvalue weighted by Crippen LogP contribution is 2.31. The number of nitrogens with zero attached hydrogens (tertiary/aromatic N) is 3. The Bertz CT molecular complexity index is 871. The Morgan fingerprint density at radius 3 is 2.65 bits per heavy atom. The number of benzene rings is 1. The van der Waals surface area contributed by atoms with Crippen LogP contribution >= 0.6 is 0 Å². The molecule has 0 fully saturated rings. The molecule has 0 aliphatic heterocycles. The van der Waals surface area contributed by atoms with E-state index in [0.29, 0.717) is 24.1 Å². The molecule has 0 radical (unpaired) electrons. The van der Waals surface area contributed by atoms with E-state index in [4.69, 9.17) is 9.47 Å². The smallest absolute Gasteiger partial charge is 0.225 e. The van der Waals surface area contributed by atoms with Gasteiger partial charge in [-0.3, -0.25) is 4.98 Å². The molecule has 0 amide bonds. The fourth-order valence-corrected chi connectivity index (χ4v) is 2.45. The molecule has 7 nitrogen and oxygen atoms in total. The molecule has 0 saturated carbocycles. The van der Waals surface area contributed by atoms with Gasteiger partial charge in [-0.25, -0.2) is 4.98 Å². The number of ether oxygens (including phenoxy) is 2. The summed E-state index contributed by atoms with van der Waals surface area (Å²) in [6.07, 6.45) is 3.55. The summed E-state index contributed by atoms with van der Waals surface area (Å²) in [5, 5.41) is 6.49. The molecule has 0 bridgehead atoms. The van der Waals surface area contributed by atoms with Gasteiger partial charge in [0.05, 0.1) is 19.9 Å². The molecule has 1 aromatic carbocycles. The normalized spacial score (nSPS) is 10.3. The van der Waals surface area contributed by atoms with Gasteiger partial charge in [-0.1, -0.05) is 6.07 Å². The molecule has 3 rings (SSSR count). The summed E-state index contributed by atoms with van der Waals surface area (Å²) < 4.78 is 10.7. The van der Waals surface area contributed by atoms with E-state index in [1.165, 1.54) is 0 Å². The number of pyridine rings is 1. The molecular formula is C19H21N5O2. The monoisotopic (exact) mass is 351 g/mol. The van der Waals surface area contributed by atoms with Crippen molar-refractivity contribution >= 4 is 17.5 Å². The van der Waals surface area contributed by atoms with Crippen LogP contribution in [0.25, 0.3) is 0 Å². The third-order valence-corrected chi connectivity index (χ3v) is 3.70. The van der Waals surface area contributed by atoms with Gasteiger partial charge in [0.1, 0.15) is 17.3 Å². The third kappa shape index (κ3) is 4.38. The Kier molecular flexibility index (Phi) is 5.48. The average Bonchev–Trinajstić information content (AvgIpc) is 2.66. The topological polar surface area (TPSA) is 81.2 Å². The van der Waals surface area contributed by atoms with Gasteiger partial charge in [0.25, 0.3) is 0 Å². The number of rotatable bonds is 7. The van der Waals surface area contributed by atoms with Crippen molar-refractivity contribution in [2.75, 3.05) is 24.9 Å². The summed E-state index contributed by atoms with van der Waals surface area (Å²) in [6.45, 7) is 2.52. The summed E-state index contributed by atoms with van der Waals surface area (Å²) in [5.74, 6) is 2.64. The van der Waals surface area contributed by atoms with Crippen LogP contribution in [0.5, 0.6) is 11.5 Å². The molecule has 0 saturated heterocycles. The highest BCUT2D eigenvalue weighted by atomic mass is 16.5. The lowest BCUT2D eigenvalue weighted by molar-refractivity contribution is 0.405. The van der Waals surface area contributed by atoms with E-state index < -0.39 is 0 Å². The summed E-state index contributed by atoms with van der Waals surface area (Å²) in [6, 6.07) is 11.3. The Balaban J connectivity index is 1.79. The zero-order valence-corrected chi connectivity index (χ0v) is 15.0. The van der Waals surface area contributed by atoms with E-state index in [9.17, 15) is 0 Å². The molecule has 0 aliphatic carbocycles. The second-order valence-corrected chi connectivity index (χ2v) is 5.62. The van der Waals surface area contributed by atoms with E-state index in [1.807, 2.05) is 49.5 Å². The van der Waals surface area contributed by atoms with Gasteiger partial charge in [-0.15, -0.1) is 0 Å². The summed E-state index contributed by atoms with van der Waals surface area (Å²) >= 11 is 0. The molecule has 0 spiro atoms. The number of hydrogen-bond donors (Lipinski definition) is 2. The first-order valence-electron chi connectivity index (χ1n) is 8.15. The average molecular weight is 351 g/mol. The lowest BCUT2D eigenvalue weighted by atomic mass is 10.2. The van der Waals surface area contributed by atoms with Crippen LogP contribution in [0.3, 0.4) is 0 Å². The van der Waals surface area contributed by atoms with E-state index in [1.54, 1.807) is 20.4 Å². The summed E-state index contributed by atoms with van der Waals surface area (Å²) in [5.41, 5.74) is 2.67. The molecule has 2 aromatic heterocycles. The van der Waals surface area contributed by atoms with Crippen molar-refractivity contribution in [1.29, 1.82) is 0 Å². The lowest BCUT2D eigenvalue weighted by Gasteiger charge is -2.13. The van der Waals surface area contributed by atoms with Crippen LogP contribution in [-0.2, 0) is 6.54 Å². The van der Waals surface area contributed by atoms with Crippen molar-refractivity contribution in [1.82, 2.24) is 15.0 Å². The second kappa shape index (κ2) is 8.15. The molecule has 7 heteroatoms. The predicted molar refractivity (Wildman–Crippen MR) is 101 cm³/mol. The first-order valence-corrected chi connectivity index (χ1v) is 8.15. The van der Waals surface area contributed by atoms with Crippen LogP contribution in [0.4, 0.5) is 17.5 Å². The van der Waals surface area contributed by atoms with Gasteiger partial charge in [0, 0.05) is 36.8 Å². The molecule has 134 valence electrons. The number of nitrogens with one attached hydrogen (secondary N) is 2. The van der Waals surface area contributed by atoms with E-state index in [2.05, 4.69) is 25.6 Å². The predicted octanol–water partition coefficient (Wildman–Crippen LogP) is 3.55. The lowest BCUT2D eigenvalue weighted by Crippen LogP contribution is -2.07. The number of anilines is 3. The van der Waals surface area contributed by atoms with Gasteiger partial charge < -0.3 is 20.1 Å². The SMILES string of the molecule is COc1ccc(OC)c(Nc2cc(C)nc(NCc3cccnc3)n2)c1. The quantitative estimate of drug-likeness (QED) is 0.673. The highest BCUT2D eigenvalue weighted by molar-refractivity contribution is 5.67. The summed E-state index contributed by atoms with van der Waals surface area (Å²) in [4.78, 5) is 13.1. The minimum absolute atomic E-state index is 0.540.